The highest BCUT2D eigenvalue weighted by Gasteiger charge is 2.30. The largest absolute Gasteiger partial charge is 0.465 e. The highest BCUT2D eigenvalue weighted by atomic mass is 79.9. The number of halogens is 1. The number of esters is 1. The average molecular weight is 325 g/mol. The molecule has 1 aromatic rings. The molecule has 1 aromatic heterocycles. The first-order valence-electron chi connectivity index (χ1n) is 5.73. The average Bonchev–Trinajstić information content (AvgIpc) is 2.79. The molecular formula is C13H13BrN2O3. The van der Waals surface area contributed by atoms with Crippen LogP contribution in [0, 0.1) is 5.92 Å². The molecule has 5 nitrogen and oxygen atoms in total. The van der Waals surface area contributed by atoms with Gasteiger partial charge in [-0.3, -0.25) is 9.69 Å². The zero-order valence-electron chi connectivity index (χ0n) is 10.4. The lowest BCUT2D eigenvalue weighted by Gasteiger charge is -2.16. The molecule has 0 bridgehead atoms. The SMILES string of the molecule is C=CC1CC(=O)N(c2ncc(C(=O)OC)cc2Br)C1. The summed E-state index contributed by atoms with van der Waals surface area (Å²) in [6.45, 7) is 4.26. The monoisotopic (exact) mass is 324 g/mol. The van der Waals surface area contributed by atoms with Gasteiger partial charge in [-0.25, -0.2) is 9.78 Å². The molecule has 0 saturated carbocycles. The molecule has 1 amide bonds. The molecule has 1 saturated heterocycles. The van der Waals surface area contributed by atoms with Crippen molar-refractivity contribution in [2.75, 3.05) is 18.6 Å². The summed E-state index contributed by atoms with van der Waals surface area (Å²) >= 11 is 3.33. The Labute approximate surface area is 119 Å². The predicted octanol–water partition coefficient (Wildman–Crippen LogP) is 2.17. The Morgan fingerprint density at radius 1 is 1.68 bits per heavy atom. The van der Waals surface area contributed by atoms with E-state index in [0.29, 0.717) is 28.8 Å². The van der Waals surface area contributed by atoms with Crippen LogP contribution >= 0.6 is 15.9 Å². The van der Waals surface area contributed by atoms with Gasteiger partial charge in [-0.1, -0.05) is 6.08 Å². The van der Waals surface area contributed by atoms with Crippen LogP contribution in [-0.2, 0) is 9.53 Å². The molecule has 1 unspecified atom stereocenters. The highest BCUT2D eigenvalue weighted by Crippen LogP contribution is 2.30. The number of carbonyl (C=O) groups excluding carboxylic acids is 2. The van der Waals surface area contributed by atoms with Gasteiger partial charge in [0.2, 0.25) is 5.91 Å². The van der Waals surface area contributed by atoms with E-state index in [1.165, 1.54) is 13.3 Å². The zero-order valence-corrected chi connectivity index (χ0v) is 12.0. The van der Waals surface area contributed by atoms with Crippen LogP contribution in [0.3, 0.4) is 0 Å². The predicted molar refractivity (Wildman–Crippen MR) is 73.9 cm³/mol. The van der Waals surface area contributed by atoms with Crippen molar-refractivity contribution >= 4 is 33.6 Å². The van der Waals surface area contributed by atoms with E-state index in [-0.39, 0.29) is 11.8 Å². The van der Waals surface area contributed by atoms with Gasteiger partial charge in [0.05, 0.1) is 17.1 Å². The maximum absolute atomic E-state index is 11.9. The van der Waals surface area contributed by atoms with Crippen molar-refractivity contribution in [2.45, 2.75) is 6.42 Å². The molecular weight excluding hydrogens is 312 g/mol. The number of ether oxygens (including phenoxy) is 1. The quantitative estimate of drug-likeness (QED) is 0.631. The van der Waals surface area contributed by atoms with E-state index in [2.05, 4.69) is 32.2 Å². The first kappa shape index (κ1) is 13.7. The maximum atomic E-state index is 11.9. The first-order chi connectivity index (χ1) is 9.06. The summed E-state index contributed by atoms with van der Waals surface area (Å²) in [6, 6.07) is 1.60. The Hall–Kier alpha value is -1.69. The van der Waals surface area contributed by atoms with Gasteiger partial charge in [-0.15, -0.1) is 6.58 Å². The van der Waals surface area contributed by atoms with Gasteiger partial charge in [0.15, 0.2) is 0 Å². The molecule has 0 aliphatic carbocycles. The van der Waals surface area contributed by atoms with Gasteiger partial charge in [-0.2, -0.15) is 0 Å². The van der Waals surface area contributed by atoms with Crippen LogP contribution in [0.1, 0.15) is 16.8 Å². The van der Waals surface area contributed by atoms with Crippen LogP contribution in [0.5, 0.6) is 0 Å². The number of amides is 1. The zero-order chi connectivity index (χ0) is 14.0. The Balaban J connectivity index is 2.29. The van der Waals surface area contributed by atoms with Crippen molar-refractivity contribution in [3.05, 3.63) is 35.0 Å². The van der Waals surface area contributed by atoms with E-state index in [1.54, 1.807) is 17.0 Å². The fourth-order valence-electron chi connectivity index (χ4n) is 1.96. The van der Waals surface area contributed by atoms with Crippen LogP contribution in [0.25, 0.3) is 0 Å². The third-order valence-corrected chi connectivity index (χ3v) is 3.57. The Kier molecular flexibility index (Phi) is 3.99. The Bertz CT molecular complexity index is 545. The smallest absolute Gasteiger partial charge is 0.339 e. The van der Waals surface area contributed by atoms with Crippen molar-refractivity contribution in [1.82, 2.24) is 4.98 Å². The number of carbonyl (C=O) groups is 2. The normalized spacial score (nSPS) is 18.5. The van der Waals surface area contributed by atoms with Crippen molar-refractivity contribution in [1.29, 1.82) is 0 Å². The number of hydrogen-bond acceptors (Lipinski definition) is 4. The molecule has 2 heterocycles. The van der Waals surface area contributed by atoms with E-state index < -0.39 is 5.97 Å². The number of pyridine rings is 1. The summed E-state index contributed by atoms with van der Waals surface area (Å²) in [4.78, 5) is 29.0. The standard InChI is InChI=1S/C13H13BrN2O3/c1-3-8-4-11(17)16(7-8)12-10(14)5-9(6-15-12)13(18)19-2/h3,5-6,8H,1,4,7H2,2H3. The van der Waals surface area contributed by atoms with E-state index in [0.717, 1.165) is 0 Å². The summed E-state index contributed by atoms with van der Waals surface area (Å²) in [5, 5.41) is 0. The molecule has 1 aliphatic rings. The summed E-state index contributed by atoms with van der Waals surface area (Å²) in [5.41, 5.74) is 0.338. The van der Waals surface area contributed by atoms with Crippen molar-refractivity contribution in [3.63, 3.8) is 0 Å². The Morgan fingerprint density at radius 2 is 2.42 bits per heavy atom. The van der Waals surface area contributed by atoms with Crippen molar-refractivity contribution in [2.24, 2.45) is 5.92 Å². The number of nitrogens with zero attached hydrogens (tertiary/aromatic N) is 2. The van der Waals surface area contributed by atoms with E-state index in [1.807, 2.05) is 0 Å². The summed E-state index contributed by atoms with van der Waals surface area (Å²) < 4.78 is 5.21. The second kappa shape index (κ2) is 5.52. The van der Waals surface area contributed by atoms with Crippen LogP contribution in [0.15, 0.2) is 29.4 Å². The second-order valence-electron chi connectivity index (χ2n) is 4.23. The van der Waals surface area contributed by atoms with E-state index in [4.69, 9.17) is 0 Å². The second-order valence-corrected chi connectivity index (χ2v) is 5.08. The molecule has 1 aliphatic heterocycles. The summed E-state index contributed by atoms with van der Waals surface area (Å²) in [6.07, 6.45) is 3.62. The van der Waals surface area contributed by atoms with E-state index >= 15 is 0 Å². The molecule has 0 spiro atoms. The molecule has 6 heteroatoms. The Morgan fingerprint density at radius 3 is 2.95 bits per heavy atom. The molecule has 19 heavy (non-hydrogen) atoms. The van der Waals surface area contributed by atoms with Gasteiger partial charge in [0.25, 0.3) is 0 Å². The molecule has 1 fully saturated rings. The number of aromatic nitrogens is 1. The van der Waals surface area contributed by atoms with Crippen LogP contribution in [-0.4, -0.2) is 30.5 Å². The fraction of sp³-hybridized carbons (Fsp3) is 0.308. The van der Waals surface area contributed by atoms with Crippen LogP contribution < -0.4 is 4.90 Å². The van der Waals surface area contributed by atoms with Crippen LogP contribution in [0.4, 0.5) is 5.82 Å². The minimum atomic E-state index is -0.462. The topological polar surface area (TPSA) is 59.5 Å². The lowest BCUT2D eigenvalue weighted by Crippen LogP contribution is -2.26. The highest BCUT2D eigenvalue weighted by molar-refractivity contribution is 9.10. The first-order valence-corrected chi connectivity index (χ1v) is 6.53. The van der Waals surface area contributed by atoms with Gasteiger partial charge >= 0.3 is 5.97 Å². The third-order valence-electron chi connectivity index (χ3n) is 2.99. The minimum Gasteiger partial charge on any atom is -0.465 e. The van der Waals surface area contributed by atoms with Gasteiger partial charge in [0.1, 0.15) is 5.82 Å². The van der Waals surface area contributed by atoms with Gasteiger partial charge in [0, 0.05) is 25.1 Å². The van der Waals surface area contributed by atoms with E-state index in [9.17, 15) is 9.59 Å². The number of methoxy groups -OCH3 is 1. The molecule has 0 radical (unpaired) electrons. The number of hydrogen-bond donors (Lipinski definition) is 0. The fourth-order valence-corrected chi connectivity index (χ4v) is 2.52. The van der Waals surface area contributed by atoms with Crippen LogP contribution in [0.2, 0.25) is 0 Å². The van der Waals surface area contributed by atoms with Gasteiger partial charge < -0.3 is 4.74 Å². The lowest BCUT2D eigenvalue weighted by atomic mass is 10.1. The minimum absolute atomic E-state index is 0.00363. The summed E-state index contributed by atoms with van der Waals surface area (Å²) in [7, 11) is 1.31. The number of rotatable bonds is 3. The summed E-state index contributed by atoms with van der Waals surface area (Å²) in [5.74, 6) is 0.198. The molecule has 1 atom stereocenters. The maximum Gasteiger partial charge on any atom is 0.339 e. The molecule has 0 aromatic carbocycles. The lowest BCUT2D eigenvalue weighted by molar-refractivity contribution is -0.117. The van der Waals surface area contributed by atoms with Crippen molar-refractivity contribution in [3.8, 4) is 0 Å². The molecule has 2 rings (SSSR count). The molecule has 0 N–H and O–H groups in total. The molecule has 100 valence electrons. The third kappa shape index (κ3) is 2.68. The number of anilines is 1. The van der Waals surface area contributed by atoms with Crippen molar-refractivity contribution < 1.29 is 14.3 Å². The van der Waals surface area contributed by atoms with Gasteiger partial charge in [-0.05, 0) is 22.0 Å².